The Hall–Kier alpha value is -0.950. The molecule has 0 fully saturated rings. The SMILES string of the molecule is C/C(=C\CCCCSC#N)C(=O)O. The van der Waals surface area contributed by atoms with Crippen LogP contribution < -0.4 is 0 Å². The monoisotopic (exact) mass is 199 g/mol. The van der Waals surface area contributed by atoms with Crippen LogP contribution in [0.2, 0.25) is 0 Å². The molecule has 0 aromatic carbocycles. The number of allylic oxidation sites excluding steroid dienone is 1. The van der Waals surface area contributed by atoms with Crippen molar-refractivity contribution >= 4 is 17.7 Å². The molecule has 0 unspecified atom stereocenters. The van der Waals surface area contributed by atoms with Gasteiger partial charge < -0.3 is 5.11 Å². The number of nitriles is 1. The van der Waals surface area contributed by atoms with E-state index in [1.165, 1.54) is 11.8 Å². The second-order valence-corrected chi connectivity index (χ2v) is 3.51. The van der Waals surface area contributed by atoms with Gasteiger partial charge in [0, 0.05) is 11.3 Å². The largest absolute Gasteiger partial charge is 0.478 e. The molecule has 0 spiro atoms. The molecule has 0 radical (unpaired) electrons. The smallest absolute Gasteiger partial charge is 0.330 e. The molecule has 13 heavy (non-hydrogen) atoms. The number of thioether (sulfide) groups is 1. The molecular formula is C9H13NO2S. The summed E-state index contributed by atoms with van der Waals surface area (Å²) in [4.78, 5) is 10.4. The maximum absolute atomic E-state index is 10.4. The third-order valence-corrected chi connectivity index (χ3v) is 2.17. The molecule has 72 valence electrons. The molecule has 4 heteroatoms. The van der Waals surface area contributed by atoms with Gasteiger partial charge in [-0.3, -0.25) is 0 Å². The average Bonchev–Trinajstić information content (AvgIpc) is 2.10. The Kier molecular flexibility index (Phi) is 7.12. The molecule has 0 amide bonds. The average molecular weight is 199 g/mol. The minimum absolute atomic E-state index is 0.396. The molecular weight excluding hydrogens is 186 g/mol. The zero-order valence-electron chi connectivity index (χ0n) is 7.62. The predicted octanol–water partition coefficient (Wildman–Crippen LogP) is 2.40. The van der Waals surface area contributed by atoms with E-state index in [-0.39, 0.29) is 0 Å². The number of nitrogens with zero attached hydrogens (tertiary/aromatic N) is 1. The highest BCUT2D eigenvalue weighted by atomic mass is 32.2. The van der Waals surface area contributed by atoms with E-state index < -0.39 is 5.97 Å². The third kappa shape index (κ3) is 7.41. The van der Waals surface area contributed by atoms with Gasteiger partial charge in [-0.25, -0.2) is 4.79 Å². The van der Waals surface area contributed by atoms with E-state index in [0.717, 1.165) is 25.0 Å². The number of aliphatic carboxylic acids is 1. The van der Waals surface area contributed by atoms with Crippen molar-refractivity contribution in [2.24, 2.45) is 0 Å². The number of unbranched alkanes of at least 4 members (excludes halogenated alkanes) is 2. The Morgan fingerprint density at radius 3 is 2.85 bits per heavy atom. The van der Waals surface area contributed by atoms with Crippen LogP contribution >= 0.6 is 11.8 Å². The number of carboxylic acids is 1. The number of carboxylic acid groups (broad SMARTS) is 1. The van der Waals surface area contributed by atoms with Gasteiger partial charge in [0.1, 0.15) is 5.40 Å². The topological polar surface area (TPSA) is 61.1 Å². The maximum atomic E-state index is 10.4. The summed E-state index contributed by atoms with van der Waals surface area (Å²) >= 11 is 1.24. The van der Waals surface area contributed by atoms with Crippen LogP contribution in [0.5, 0.6) is 0 Å². The van der Waals surface area contributed by atoms with E-state index in [1.54, 1.807) is 13.0 Å². The Morgan fingerprint density at radius 2 is 2.31 bits per heavy atom. The summed E-state index contributed by atoms with van der Waals surface area (Å²) in [5.74, 6) is -0.0254. The fourth-order valence-electron chi connectivity index (χ4n) is 0.770. The second-order valence-electron chi connectivity index (χ2n) is 2.63. The molecule has 0 aliphatic heterocycles. The van der Waals surface area contributed by atoms with Crippen molar-refractivity contribution < 1.29 is 9.90 Å². The zero-order chi connectivity index (χ0) is 10.1. The number of hydrogen-bond donors (Lipinski definition) is 1. The van der Waals surface area contributed by atoms with Crippen LogP contribution in [-0.2, 0) is 4.79 Å². The lowest BCUT2D eigenvalue weighted by atomic mass is 10.2. The highest BCUT2D eigenvalue weighted by Gasteiger charge is 1.97. The van der Waals surface area contributed by atoms with Crippen LogP contribution in [0.15, 0.2) is 11.6 Å². The molecule has 0 bridgehead atoms. The number of thiocyanates is 1. The van der Waals surface area contributed by atoms with Gasteiger partial charge in [-0.15, -0.1) is 0 Å². The quantitative estimate of drug-likeness (QED) is 0.405. The van der Waals surface area contributed by atoms with Crippen LogP contribution in [0, 0.1) is 10.7 Å². The minimum atomic E-state index is -0.855. The first kappa shape index (κ1) is 12.0. The predicted molar refractivity (Wildman–Crippen MR) is 53.3 cm³/mol. The Balaban J connectivity index is 3.40. The third-order valence-electron chi connectivity index (χ3n) is 1.55. The minimum Gasteiger partial charge on any atom is -0.478 e. The molecule has 0 aliphatic carbocycles. The molecule has 3 nitrogen and oxygen atoms in total. The first-order valence-electron chi connectivity index (χ1n) is 4.09. The van der Waals surface area contributed by atoms with E-state index in [2.05, 4.69) is 0 Å². The summed E-state index contributed by atoms with van der Waals surface area (Å²) in [6.45, 7) is 1.59. The van der Waals surface area contributed by atoms with E-state index >= 15 is 0 Å². The first-order valence-corrected chi connectivity index (χ1v) is 5.08. The van der Waals surface area contributed by atoms with Crippen molar-refractivity contribution in [2.45, 2.75) is 26.2 Å². The fraction of sp³-hybridized carbons (Fsp3) is 0.556. The molecule has 0 saturated carbocycles. The summed E-state index contributed by atoms with van der Waals surface area (Å²) in [5, 5.41) is 18.7. The lowest BCUT2D eigenvalue weighted by molar-refractivity contribution is -0.132. The highest BCUT2D eigenvalue weighted by molar-refractivity contribution is 8.03. The lowest BCUT2D eigenvalue weighted by Gasteiger charge is -1.94. The maximum Gasteiger partial charge on any atom is 0.330 e. The summed E-state index contributed by atoms with van der Waals surface area (Å²) in [7, 11) is 0. The fourth-order valence-corrected chi connectivity index (χ4v) is 1.21. The number of hydrogen-bond acceptors (Lipinski definition) is 3. The normalized spacial score (nSPS) is 10.9. The zero-order valence-corrected chi connectivity index (χ0v) is 8.43. The van der Waals surface area contributed by atoms with Gasteiger partial charge in [0.15, 0.2) is 0 Å². The van der Waals surface area contributed by atoms with Crippen molar-refractivity contribution in [3.8, 4) is 5.40 Å². The molecule has 1 N–H and O–H groups in total. The molecule has 0 atom stereocenters. The summed E-state index contributed by atoms with van der Waals surface area (Å²) < 4.78 is 0. The molecule has 0 rings (SSSR count). The van der Waals surface area contributed by atoms with E-state index in [1.807, 2.05) is 5.40 Å². The molecule has 0 saturated heterocycles. The van der Waals surface area contributed by atoms with Gasteiger partial charge in [0.25, 0.3) is 0 Å². The van der Waals surface area contributed by atoms with Crippen molar-refractivity contribution in [2.75, 3.05) is 5.75 Å². The van der Waals surface area contributed by atoms with Crippen molar-refractivity contribution in [3.63, 3.8) is 0 Å². The van der Waals surface area contributed by atoms with Gasteiger partial charge in [-0.1, -0.05) is 6.08 Å². The molecule has 0 aliphatic rings. The van der Waals surface area contributed by atoms with Gasteiger partial charge >= 0.3 is 5.97 Å². The Labute approximate surface area is 82.4 Å². The summed E-state index contributed by atoms with van der Waals surface area (Å²) in [5.41, 5.74) is 0.396. The summed E-state index contributed by atoms with van der Waals surface area (Å²) in [6, 6.07) is 0. The standard InChI is InChI=1S/C9H13NO2S/c1-8(9(11)12)5-3-2-4-6-13-7-10/h5H,2-4,6H2,1H3,(H,11,12)/b8-5+. The van der Waals surface area contributed by atoms with E-state index in [9.17, 15) is 4.79 Å². The highest BCUT2D eigenvalue weighted by Crippen LogP contribution is 2.06. The van der Waals surface area contributed by atoms with E-state index in [4.69, 9.17) is 10.4 Å². The van der Waals surface area contributed by atoms with Crippen molar-refractivity contribution in [1.29, 1.82) is 5.26 Å². The first-order chi connectivity index (χ1) is 6.18. The van der Waals surface area contributed by atoms with Crippen molar-refractivity contribution in [1.82, 2.24) is 0 Å². The van der Waals surface area contributed by atoms with E-state index in [0.29, 0.717) is 5.57 Å². The van der Waals surface area contributed by atoms with Crippen molar-refractivity contribution in [3.05, 3.63) is 11.6 Å². The van der Waals surface area contributed by atoms with Gasteiger partial charge in [0.2, 0.25) is 0 Å². The number of carbonyl (C=O) groups is 1. The second kappa shape index (κ2) is 7.69. The summed E-state index contributed by atoms with van der Waals surface area (Å²) in [6.07, 6.45) is 4.41. The van der Waals surface area contributed by atoms with Crippen LogP contribution in [0.1, 0.15) is 26.2 Å². The molecule has 0 heterocycles. The van der Waals surface area contributed by atoms with Crippen LogP contribution in [0.3, 0.4) is 0 Å². The van der Waals surface area contributed by atoms with Gasteiger partial charge in [0.05, 0.1) is 0 Å². The molecule has 0 aromatic rings. The van der Waals surface area contributed by atoms with Gasteiger partial charge in [-0.2, -0.15) is 5.26 Å². The Bertz CT molecular complexity index is 230. The van der Waals surface area contributed by atoms with Crippen LogP contribution in [-0.4, -0.2) is 16.8 Å². The van der Waals surface area contributed by atoms with Gasteiger partial charge in [-0.05, 0) is 37.9 Å². The lowest BCUT2D eigenvalue weighted by Crippen LogP contribution is -1.95. The van der Waals surface area contributed by atoms with Crippen LogP contribution in [0.25, 0.3) is 0 Å². The molecule has 0 aromatic heterocycles. The van der Waals surface area contributed by atoms with Crippen LogP contribution in [0.4, 0.5) is 0 Å². The Morgan fingerprint density at radius 1 is 1.62 bits per heavy atom. The number of rotatable bonds is 6.